The van der Waals surface area contributed by atoms with Crippen LogP contribution in [0.15, 0.2) is 12.4 Å². The zero-order chi connectivity index (χ0) is 17.0. The lowest BCUT2D eigenvalue weighted by Crippen LogP contribution is -2.37. The van der Waals surface area contributed by atoms with Gasteiger partial charge in [-0.1, -0.05) is 0 Å². The quantitative estimate of drug-likeness (QED) is 0.777. The van der Waals surface area contributed by atoms with Crippen LogP contribution >= 0.6 is 0 Å². The predicted molar refractivity (Wildman–Crippen MR) is 89.4 cm³/mol. The molecule has 2 heterocycles. The molecule has 1 unspecified atom stereocenters. The fraction of sp³-hybridized carbons (Fsp3) is 0.800. The van der Waals surface area contributed by atoms with Crippen LogP contribution in [0.4, 0.5) is 0 Å². The maximum absolute atomic E-state index is 11.7. The van der Waals surface area contributed by atoms with Crippen LogP contribution < -0.4 is 0 Å². The van der Waals surface area contributed by atoms with Crippen molar-refractivity contribution in [3.63, 3.8) is 0 Å². The Labute approximate surface area is 139 Å². The molecule has 23 heavy (non-hydrogen) atoms. The van der Waals surface area contributed by atoms with E-state index >= 15 is 0 Å². The number of aryl methyl sites for hydroxylation is 1. The molecule has 0 bridgehead atoms. The number of piperidine rings is 1. The smallest absolute Gasteiger partial charge is 0.213 e. The van der Waals surface area contributed by atoms with E-state index < -0.39 is 16.1 Å². The highest BCUT2D eigenvalue weighted by atomic mass is 32.2. The van der Waals surface area contributed by atoms with Gasteiger partial charge in [0.25, 0.3) is 0 Å². The van der Waals surface area contributed by atoms with Crippen molar-refractivity contribution in [1.29, 1.82) is 0 Å². The molecule has 2 rings (SSSR count). The van der Waals surface area contributed by atoms with Crippen LogP contribution in [0.2, 0.25) is 0 Å². The van der Waals surface area contributed by atoms with E-state index in [-0.39, 0.29) is 11.7 Å². The van der Waals surface area contributed by atoms with Crippen LogP contribution in [0.5, 0.6) is 0 Å². The minimum absolute atomic E-state index is 0.190. The van der Waals surface area contributed by atoms with Crippen molar-refractivity contribution >= 4 is 10.0 Å². The molecular formula is C15H28N4O3S. The molecule has 0 spiro atoms. The lowest BCUT2D eigenvalue weighted by Gasteiger charge is -2.34. The summed E-state index contributed by atoms with van der Waals surface area (Å²) in [4.78, 5) is 6.52. The van der Waals surface area contributed by atoms with E-state index in [9.17, 15) is 13.5 Å². The Morgan fingerprint density at radius 1 is 1.39 bits per heavy atom. The Morgan fingerprint density at radius 2 is 2.04 bits per heavy atom. The number of aromatic nitrogens is 2. The Hall–Kier alpha value is -0.960. The summed E-state index contributed by atoms with van der Waals surface area (Å²) in [5, 5.41) is 10.5. The first-order chi connectivity index (χ1) is 10.8. The lowest BCUT2D eigenvalue weighted by atomic mass is 9.90. The number of aliphatic hydroxyl groups excluding tert-OH is 1. The van der Waals surface area contributed by atoms with Crippen LogP contribution in [0.25, 0.3) is 0 Å². The first-order valence-electron chi connectivity index (χ1n) is 8.09. The van der Waals surface area contributed by atoms with Crippen molar-refractivity contribution in [2.45, 2.75) is 25.4 Å². The summed E-state index contributed by atoms with van der Waals surface area (Å²) in [6.07, 6.45) is 5.50. The highest BCUT2D eigenvalue weighted by molar-refractivity contribution is 7.89. The summed E-state index contributed by atoms with van der Waals surface area (Å²) in [6.45, 7) is 2.58. The average Bonchev–Trinajstić information content (AvgIpc) is 2.93. The molecule has 132 valence electrons. The minimum Gasteiger partial charge on any atom is -0.385 e. The number of likely N-dealkylation sites (tertiary alicyclic amines) is 1. The Balaban J connectivity index is 1.75. The molecule has 0 radical (unpaired) electrons. The van der Waals surface area contributed by atoms with Crippen LogP contribution in [0.3, 0.4) is 0 Å². The molecule has 1 aromatic rings. The molecule has 7 nitrogen and oxygen atoms in total. The number of aliphatic hydroxyl groups is 1. The second-order valence-electron chi connectivity index (χ2n) is 6.47. The van der Waals surface area contributed by atoms with Crippen molar-refractivity contribution in [3.8, 4) is 0 Å². The average molecular weight is 344 g/mol. The highest BCUT2D eigenvalue weighted by Crippen LogP contribution is 2.29. The van der Waals surface area contributed by atoms with Gasteiger partial charge >= 0.3 is 0 Å². The molecule has 1 saturated heterocycles. The first-order valence-corrected chi connectivity index (χ1v) is 9.70. The Kier molecular flexibility index (Phi) is 6.19. The topological polar surface area (TPSA) is 78.7 Å². The summed E-state index contributed by atoms with van der Waals surface area (Å²) in [7, 11) is 1.93. The van der Waals surface area contributed by atoms with Crippen LogP contribution in [0.1, 0.15) is 31.2 Å². The van der Waals surface area contributed by atoms with Gasteiger partial charge in [-0.3, -0.25) is 0 Å². The van der Waals surface area contributed by atoms with E-state index in [1.54, 1.807) is 20.3 Å². The molecule has 0 saturated carbocycles. The highest BCUT2D eigenvalue weighted by Gasteiger charge is 2.28. The van der Waals surface area contributed by atoms with Gasteiger partial charge in [0.1, 0.15) is 11.9 Å². The Bertz CT molecular complexity index is 592. The fourth-order valence-corrected chi connectivity index (χ4v) is 3.88. The minimum atomic E-state index is -3.10. The molecule has 1 aliphatic heterocycles. The van der Waals surface area contributed by atoms with E-state index in [4.69, 9.17) is 0 Å². The molecule has 8 heteroatoms. The standard InChI is InChI=1S/C15H28N4O3S/c1-17(2)23(21,22)12-4-8-19-9-5-13(6-10-19)14(20)15-16-7-11-18(15)3/h7,11,13-14,20H,4-6,8-10,12H2,1-3H3. The van der Waals surface area contributed by atoms with Gasteiger partial charge in [0.2, 0.25) is 10.0 Å². The molecule has 1 fully saturated rings. The maximum Gasteiger partial charge on any atom is 0.213 e. The third-order valence-corrected chi connectivity index (χ3v) is 6.55. The van der Waals surface area contributed by atoms with E-state index in [2.05, 4.69) is 9.88 Å². The van der Waals surface area contributed by atoms with Gasteiger partial charge in [-0.15, -0.1) is 0 Å². The molecule has 0 aliphatic carbocycles. The van der Waals surface area contributed by atoms with Crippen molar-refractivity contribution in [2.24, 2.45) is 13.0 Å². The van der Waals surface area contributed by atoms with E-state index in [1.165, 1.54) is 4.31 Å². The van der Waals surface area contributed by atoms with Gasteiger partial charge in [0.05, 0.1) is 5.75 Å². The first kappa shape index (κ1) is 18.4. The second-order valence-corrected chi connectivity index (χ2v) is 8.77. The number of nitrogens with zero attached hydrogens (tertiary/aromatic N) is 4. The largest absolute Gasteiger partial charge is 0.385 e. The number of rotatable bonds is 7. The molecule has 1 aromatic heterocycles. The summed E-state index contributed by atoms with van der Waals surface area (Å²) in [5.74, 6) is 1.13. The van der Waals surface area contributed by atoms with Gasteiger partial charge in [-0.25, -0.2) is 17.7 Å². The van der Waals surface area contributed by atoms with Gasteiger partial charge in [0.15, 0.2) is 0 Å². The SMILES string of the molecule is CN(C)S(=O)(=O)CCCN1CCC(C(O)c2nccn2C)CC1. The summed E-state index contributed by atoms with van der Waals surface area (Å²) in [6, 6.07) is 0. The van der Waals surface area contributed by atoms with Crippen molar-refractivity contribution in [3.05, 3.63) is 18.2 Å². The van der Waals surface area contributed by atoms with Gasteiger partial charge in [0, 0.05) is 33.5 Å². The van der Waals surface area contributed by atoms with Crippen LogP contribution in [-0.4, -0.2) is 71.8 Å². The molecule has 0 aromatic carbocycles. The number of imidazole rings is 1. The monoisotopic (exact) mass is 344 g/mol. The second kappa shape index (κ2) is 7.74. The lowest BCUT2D eigenvalue weighted by molar-refractivity contribution is 0.0512. The third-order valence-electron chi connectivity index (χ3n) is 4.63. The number of hydrogen-bond donors (Lipinski definition) is 1. The van der Waals surface area contributed by atoms with Crippen molar-refractivity contribution < 1.29 is 13.5 Å². The summed E-state index contributed by atoms with van der Waals surface area (Å²) in [5.41, 5.74) is 0. The summed E-state index contributed by atoms with van der Waals surface area (Å²) < 4.78 is 26.6. The fourth-order valence-electron chi connectivity index (χ4n) is 3.02. The third kappa shape index (κ3) is 4.76. The van der Waals surface area contributed by atoms with Gasteiger partial charge in [-0.2, -0.15) is 0 Å². The van der Waals surface area contributed by atoms with Gasteiger partial charge in [-0.05, 0) is 44.8 Å². The molecule has 0 amide bonds. The normalized spacial score (nSPS) is 19.3. The maximum atomic E-state index is 11.7. The van der Waals surface area contributed by atoms with Gasteiger partial charge < -0.3 is 14.6 Å². The Morgan fingerprint density at radius 3 is 2.57 bits per heavy atom. The van der Waals surface area contributed by atoms with Crippen LogP contribution in [-0.2, 0) is 17.1 Å². The van der Waals surface area contributed by atoms with E-state index in [0.717, 1.165) is 38.3 Å². The van der Waals surface area contributed by atoms with Crippen molar-refractivity contribution in [2.75, 3.05) is 39.5 Å². The molecule has 1 aliphatic rings. The van der Waals surface area contributed by atoms with Crippen molar-refractivity contribution in [1.82, 2.24) is 18.8 Å². The summed E-state index contributed by atoms with van der Waals surface area (Å²) >= 11 is 0. The zero-order valence-electron chi connectivity index (χ0n) is 14.2. The van der Waals surface area contributed by atoms with Crippen LogP contribution in [0, 0.1) is 5.92 Å². The predicted octanol–water partition coefficient (Wildman–Crippen LogP) is 0.447. The molecular weight excluding hydrogens is 316 g/mol. The number of hydrogen-bond acceptors (Lipinski definition) is 5. The molecule has 1 N–H and O–H groups in total. The molecule has 1 atom stereocenters. The van der Waals surface area contributed by atoms with E-state index in [1.807, 2.05) is 17.8 Å². The zero-order valence-corrected chi connectivity index (χ0v) is 15.0. The van der Waals surface area contributed by atoms with E-state index in [0.29, 0.717) is 6.42 Å². The number of sulfonamides is 1.